The second-order valence-corrected chi connectivity index (χ2v) is 4.63. The van der Waals surface area contributed by atoms with E-state index in [1.807, 2.05) is 32.0 Å². The molecule has 4 heteroatoms. The van der Waals surface area contributed by atoms with Crippen LogP contribution >= 0.6 is 0 Å². The highest BCUT2D eigenvalue weighted by atomic mass is 16.5. The van der Waals surface area contributed by atoms with Crippen LogP contribution in [-0.4, -0.2) is 18.6 Å². The van der Waals surface area contributed by atoms with Gasteiger partial charge >= 0.3 is 0 Å². The summed E-state index contributed by atoms with van der Waals surface area (Å²) < 4.78 is 5.59. The Bertz CT molecular complexity index is 352. The van der Waals surface area contributed by atoms with Crippen LogP contribution < -0.4 is 11.3 Å². The lowest BCUT2D eigenvalue weighted by atomic mass is 10.1. The minimum atomic E-state index is -0.467. The summed E-state index contributed by atoms with van der Waals surface area (Å²) >= 11 is 0. The van der Waals surface area contributed by atoms with Crippen molar-refractivity contribution in [3.8, 4) is 0 Å². The molecule has 0 aromatic heterocycles. The first-order valence-corrected chi connectivity index (χ1v) is 6.31. The fraction of sp³-hybridized carbons (Fsp3) is 0.500. The molecule has 0 heterocycles. The highest BCUT2D eigenvalue weighted by molar-refractivity contribution is 5.80. The number of nitrogens with one attached hydrogen (secondary N) is 1. The van der Waals surface area contributed by atoms with Gasteiger partial charge in [-0.2, -0.15) is 0 Å². The zero-order valence-corrected chi connectivity index (χ0v) is 11.1. The average Bonchev–Trinajstić information content (AvgIpc) is 2.38. The molecule has 0 bridgehead atoms. The Hall–Kier alpha value is -1.39. The molecule has 0 aliphatic rings. The van der Waals surface area contributed by atoms with Gasteiger partial charge in [0.2, 0.25) is 0 Å². The molecule has 1 unspecified atom stereocenters. The van der Waals surface area contributed by atoms with Crippen LogP contribution in [0, 0.1) is 5.92 Å². The van der Waals surface area contributed by atoms with Crippen LogP contribution in [0.5, 0.6) is 0 Å². The number of amides is 1. The van der Waals surface area contributed by atoms with Crippen molar-refractivity contribution in [3.63, 3.8) is 0 Å². The summed E-state index contributed by atoms with van der Waals surface area (Å²) in [5.41, 5.74) is 3.42. The third kappa shape index (κ3) is 4.85. The van der Waals surface area contributed by atoms with Gasteiger partial charge in [0.15, 0.2) is 0 Å². The number of carbonyl (C=O) groups is 1. The monoisotopic (exact) mass is 250 g/mol. The quantitative estimate of drug-likeness (QED) is 0.335. The van der Waals surface area contributed by atoms with E-state index >= 15 is 0 Å². The lowest BCUT2D eigenvalue weighted by molar-refractivity contribution is -0.135. The number of hydrogen-bond donors (Lipinski definition) is 2. The van der Waals surface area contributed by atoms with Crippen LogP contribution in [0.15, 0.2) is 30.3 Å². The maximum Gasteiger partial charge on any atom is 0.263 e. The molecule has 0 aliphatic carbocycles. The van der Waals surface area contributed by atoms with E-state index in [2.05, 4.69) is 17.6 Å². The standard InChI is InChI=1S/C14H22N2O2/c1-11(2)13(14(17)16-15)18-10-6-9-12-7-4-3-5-8-12/h3-5,7-8,11,13H,6,9-10,15H2,1-2H3,(H,16,17). The molecule has 0 fully saturated rings. The van der Waals surface area contributed by atoms with Crippen molar-refractivity contribution in [2.45, 2.75) is 32.8 Å². The van der Waals surface area contributed by atoms with Crippen LogP contribution in [0.1, 0.15) is 25.8 Å². The van der Waals surface area contributed by atoms with Gasteiger partial charge in [0.25, 0.3) is 5.91 Å². The molecule has 100 valence electrons. The summed E-state index contributed by atoms with van der Waals surface area (Å²) in [7, 11) is 0. The molecule has 1 amide bonds. The molecule has 0 saturated carbocycles. The summed E-state index contributed by atoms with van der Waals surface area (Å²) in [4.78, 5) is 11.5. The molecule has 1 atom stereocenters. The number of rotatable bonds is 7. The van der Waals surface area contributed by atoms with Gasteiger partial charge in [-0.05, 0) is 24.3 Å². The van der Waals surface area contributed by atoms with E-state index in [-0.39, 0.29) is 11.8 Å². The summed E-state index contributed by atoms with van der Waals surface area (Å²) in [5, 5.41) is 0. The van der Waals surface area contributed by atoms with Gasteiger partial charge in [-0.15, -0.1) is 0 Å². The zero-order valence-electron chi connectivity index (χ0n) is 11.1. The second-order valence-electron chi connectivity index (χ2n) is 4.63. The molecule has 4 nitrogen and oxygen atoms in total. The number of hydrazine groups is 1. The van der Waals surface area contributed by atoms with Crippen molar-refractivity contribution in [1.29, 1.82) is 0 Å². The van der Waals surface area contributed by atoms with E-state index in [9.17, 15) is 4.79 Å². The van der Waals surface area contributed by atoms with E-state index in [1.165, 1.54) is 5.56 Å². The van der Waals surface area contributed by atoms with Crippen LogP contribution in [0.25, 0.3) is 0 Å². The SMILES string of the molecule is CC(C)C(OCCCc1ccccc1)C(=O)NN. The van der Waals surface area contributed by atoms with Gasteiger partial charge in [-0.3, -0.25) is 10.2 Å². The van der Waals surface area contributed by atoms with Gasteiger partial charge < -0.3 is 4.74 Å². The first-order valence-electron chi connectivity index (χ1n) is 6.31. The van der Waals surface area contributed by atoms with Gasteiger partial charge in [-0.1, -0.05) is 44.2 Å². The molecule has 0 aliphatic heterocycles. The van der Waals surface area contributed by atoms with Crippen LogP contribution in [0.2, 0.25) is 0 Å². The predicted molar refractivity (Wildman–Crippen MR) is 71.7 cm³/mol. The molecule has 0 spiro atoms. The van der Waals surface area contributed by atoms with Crippen LogP contribution in [0.4, 0.5) is 0 Å². The smallest absolute Gasteiger partial charge is 0.263 e. The van der Waals surface area contributed by atoms with Crippen molar-refractivity contribution in [2.24, 2.45) is 11.8 Å². The fourth-order valence-corrected chi connectivity index (χ4v) is 1.78. The van der Waals surface area contributed by atoms with Gasteiger partial charge in [0.1, 0.15) is 6.10 Å². The first-order chi connectivity index (χ1) is 8.65. The molecule has 1 aromatic rings. The number of nitrogens with two attached hydrogens (primary N) is 1. The minimum absolute atomic E-state index is 0.116. The predicted octanol–water partition coefficient (Wildman–Crippen LogP) is 1.65. The largest absolute Gasteiger partial charge is 0.368 e. The van der Waals surface area contributed by atoms with Crippen molar-refractivity contribution in [1.82, 2.24) is 5.43 Å². The molecular formula is C14H22N2O2. The Morgan fingerprint density at radius 1 is 1.33 bits per heavy atom. The highest BCUT2D eigenvalue weighted by Gasteiger charge is 2.21. The number of carbonyl (C=O) groups excluding carboxylic acids is 1. The van der Waals surface area contributed by atoms with E-state index in [4.69, 9.17) is 10.6 Å². The van der Waals surface area contributed by atoms with Crippen molar-refractivity contribution < 1.29 is 9.53 Å². The van der Waals surface area contributed by atoms with Gasteiger partial charge in [0.05, 0.1) is 0 Å². The number of benzene rings is 1. The first kappa shape index (κ1) is 14.7. The Kier molecular flexibility index (Phi) is 6.39. The molecule has 1 aromatic carbocycles. The maximum atomic E-state index is 11.5. The van der Waals surface area contributed by atoms with Gasteiger partial charge in [-0.25, -0.2) is 5.84 Å². The average molecular weight is 250 g/mol. The lowest BCUT2D eigenvalue weighted by Crippen LogP contribution is -2.43. The summed E-state index contributed by atoms with van der Waals surface area (Å²) in [6, 6.07) is 10.2. The Labute approximate surface area is 108 Å². The molecular weight excluding hydrogens is 228 g/mol. The summed E-state index contributed by atoms with van der Waals surface area (Å²) in [5.74, 6) is 4.98. The normalized spacial score (nSPS) is 12.4. The lowest BCUT2D eigenvalue weighted by Gasteiger charge is -2.19. The molecule has 0 saturated heterocycles. The molecule has 3 N–H and O–H groups in total. The van der Waals surface area contributed by atoms with Crippen molar-refractivity contribution >= 4 is 5.91 Å². The fourth-order valence-electron chi connectivity index (χ4n) is 1.78. The number of aryl methyl sites for hydroxylation is 1. The second kappa shape index (κ2) is 7.84. The minimum Gasteiger partial charge on any atom is -0.368 e. The highest BCUT2D eigenvalue weighted by Crippen LogP contribution is 2.08. The van der Waals surface area contributed by atoms with E-state index in [0.717, 1.165) is 12.8 Å². The van der Waals surface area contributed by atoms with Crippen molar-refractivity contribution in [2.75, 3.05) is 6.61 Å². The Morgan fingerprint density at radius 2 is 2.00 bits per heavy atom. The zero-order chi connectivity index (χ0) is 13.4. The van der Waals surface area contributed by atoms with Gasteiger partial charge in [0, 0.05) is 6.61 Å². The molecule has 1 rings (SSSR count). The van der Waals surface area contributed by atoms with E-state index < -0.39 is 6.10 Å². The third-order valence-corrected chi connectivity index (χ3v) is 2.76. The number of ether oxygens (including phenoxy) is 1. The van der Waals surface area contributed by atoms with Crippen molar-refractivity contribution in [3.05, 3.63) is 35.9 Å². The van der Waals surface area contributed by atoms with Crippen LogP contribution in [-0.2, 0) is 16.0 Å². The molecule has 18 heavy (non-hydrogen) atoms. The molecule has 0 radical (unpaired) electrons. The third-order valence-electron chi connectivity index (χ3n) is 2.76. The Balaban J connectivity index is 2.29. The topological polar surface area (TPSA) is 64.3 Å². The summed E-state index contributed by atoms with van der Waals surface area (Å²) in [6.07, 6.45) is 1.38. The van der Waals surface area contributed by atoms with E-state index in [0.29, 0.717) is 6.61 Å². The number of hydrogen-bond acceptors (Lipinski definition) is 3. The maximum absolute atomic E-state index is 11.5. The summed E-state index contributed by atoms with van der Waals surface area (Å²) in [6.45, 7) is 4.44. The van der Waals surface area contributed by atoms with Crippen LogP contribution in [0.3, 0.4) is 0 Å². The van der Waals surface area contributed by atoms with E-state index in [1.54, 1.807) is 0 Å². The Morgan fingerprint density at radius 3 is 2.56 bits per heavy atom.